The minimum absolute atomic E-state index is 0.0524. The Balaban J connectivity index is 2.16. The largest absolute Gasteiger partial charge is 0.469 e. The Kier molecular flexibility index (Phi) is 4.85. The summed E-state index contributed by atoms with van der Waals surface area (Å²) < 4.78 is 5.25. The Morgan fingerprint density at radius 2 is 2.13 bits per heavy atom. The van der Waals surface area contributed by atoms with Gasteiger partial charge in [-0.1, -0.05) is 13.8 Å². The van der Waals surface area contributed by atoms with Crippen molar-refractivity contribution >= 4 is 0 Å². The van der Waals surface area contributed by atoms with Crippen molar-refractivity contribution in [2.75, 3.05) is 13.1 Å². The van der Waals surface area contributed by atoms with E-state index in [1.165, 1.54) is 0 Å². The van der Waals surface area contributed by atoms with Crippen LogP contribution in [-0.2, 0) is 6.42 Å². The summed E-state index contributed by atoms with van der Waals surface area (Å²) in [6.45, 7) is 6.07. The molecule has 0 radical (unpaired) electrons. The van der Waals surface area contributed by atoms with Crippen molar-refractivity contribution in [3.8, 4) is 0 Å². The fourth-order valence-electron chi connectivity index (χ4n) is 1.50. The summed E-state index contributed by atoms with van der Waals surface area (Å²) in [6, 6.07) is 3.91. The lowest BCUT2D eigenvalue weighted by Gasteiger charge is -2.26. The normalized spacial score (nSPS) is 11.9. The molecule has 0 fully saturated rings. The number of hydrogen-bond acceptors (Lipinski definition) is 3. The average Bonchev–Trinajstić information content (AvgIpc) is 2.77. The van der Waals surface area contributed by atoms with Crippen molar-refractivity contribution in [2.24, 2.45) is 5.73 Å². The highest BCUT2D eigenvalue weighted by atomic mass is 16.3. The van der Waals surface area contributed by atoms with Gasteiger partial charge in [0.2, 0.25) is 0 Å². The molecule has 1 heterocycles. The van der Waals surface area contributed by atoms with Gasteiger partial charge in [-0.25, -0.2) is 0 Å². The monoisotopic (exact) mass is 210 g/mol. The Bertz CT molecular complexity index is 253. The molecule has 3 N–H and O–H groups in total. The lowest BCUT2D eigenvalue weighted by Crippen LogP contribution is -2.48. The molecule has 0 spiro atoms. The van der Waals surface area contributed by atoms with Crippen LogP contribution in [0.3, 0.4) is 0 Å². The van der Waals surface area contributed by atoms with Crippen LogP contribution < -0.4 is 11.1 Å². The van der Waals surface area contributed by atoms with E-state index in [4.69, 9.17) is 10.2 Å². The van der Waals surface area contributed by atoms with E-state index in [0.29, 0.717) is 0 Å². The van der Waals surface area contributed by atoms with E-state index in [-0.39, 0.29) is 5.54 Å². The summed E-state index contributed by atoms with van der Waals surface area (Å²) >= 11 is 0. The Hall–Kier alpha value is -0.800. The maximum absolute atomic E-state index is 6.17. The first-order valence-corrected chi connectivity index (χ1v) is 5.72. The molecular weight excluding hydrogens is 188 g/mol. The summed E-state index contributed by atoms with van der Waals surface area (Å²) in [4.78, 5) is 0. The molecule has 1 aromatic heterocycles. The van der Waals surface area contributed by atoms with E-state index >= 15 is 0 Å². The van der Waals surface area contributed by atoms with E-state index in [9.17, 15) is 0 Å². The molecule has 3 nitrogen and oxygen atoms in total. The van der Waals surface area contributed by atoms with E-state index in [2.05, 4.69) is 19.2 Å². The van der Waals surface area contributed by atoms with Crippen LogP contribution in [0.1, 0.15) is 32.4 Å². The second-order valence-electron chi connectivity index (χ2n) is 4.08. The van der Waals surface area contributed by atoms with Gasteiger partial charge in [0.05, 0.1) is 6.26 Å². The first-order chi connectivity index (χ1) is 7.20. The fraction of sp³-hybridized carbons (Fsp3) is 0.667. The molecule has 0 bridgehead atoms. The minimum Gasteiger partial charge on any atom is -0.469 e. The van der Waals surface area contributed by atoms with Gasteiger partial charge in [-0.05, 0) is 25.0 Å². The summed E-state index contributed by atoms with van der Waals surface area (Å²) in [5, 5.41) is 3.38. The van der Waals surface area contributed by atoms with E-state index in [0.717, 1.165) is 38.1 Å². The first-order valence-electron chi connectivity index (χ1n) is 5.72. The van der Waals surface area contributed by atoms with Crippen molar-refractivity contribution < 1.29 is 4.42 Å². The molecule has 1 rings (SSSR count). The predicted molar refractivity (Wildman–Crippen MR) is 62.8 cm³/mol. The van der Waals surface area contributed by atoms with Crippen LogP contribution >= 0.6 is 0 Å². The third-order valence-electron chi connectivity index (χ3n) is 3.01. The number of nitrogens with one attached hydrogen (secondary N) is 1. The summed E-state index contributed by atoms with van der Waals surface area (Å²) in [6.07, 6.45) is 4.66. The minimum atomic E-state index is -0.0524. The number of hydrogen-bond donors (Lipinski definition) is 2. The predicted octanol–water partition coefficient (Wildman–Crippen LogP) is 1.93. The van der Waals surface area contributed by atoms with Crippen LogP contribution in [0.2, 0.25) is 0 Å². The molecule has 0 aliphatic carbocycles. The van der Waals surface area contributed by atoms with Crippen molar-refractivity contribution in [1.82, 2.24) is 5.32 Å². The molecule has 0 aliphatic rings. The van der Waals surface area contributed by atoms with Gasteiger partial charge in [0.25, 0.3) is 0 Å². The van der Waals surface area contributed by atoms with Crippen LogP contribution in [0.5, 0.6) is 0 Å². The highest BCUT2D eigenvalue weighted by molar-refractivity contribution is 4.98. The average molecular weight is 210 g/mol. The molecule has 86 valence electrons. The third-order valence-corrected chi connectivity index (χ3v) is 3.01. The van der Waals surface area contributed by atoms with Crippen molar-refractivity contribution in [1.29, 1.82) is 0 Å². The molecule has 1 aromatic rings. The van der Waals surface area contributed by atoms with Crippen LogP contribution in [0, 0.1) is 0 Å². The van der Waals surface area contributed by atoms with Gasteiger partial charge in [0.15, 0.2) is 0 Å². The lowest BCUT2D eigenvalue weighted by molar-refractivity contribution is 0.368. The zero-order chi connectivity index (χ0) is 11.1. The van der Waals surface area contributed by atoms with Crippen molar-refractivity contribution in [3.63, 3.8) is 0 Å². The molecule has 15 heavy (non-hydrogen) atoms. The van der Waals surface area contributed by atoms with Crippen molar-refractivity contribution in [3.05, 3.63) is 24.2 Å². The molecule has 0 saturated carbocycles. The zero-order valence-electron chi connectivity index (χ0n) is 9.75. The molecule has 0 aromatic carbocycles. The van der Waals surface area contributed by atoms with Gasteiger partial charge in [0.1, 0.15) is 5.76 Å². The van der Waals surface area contributed by atoms with Gasteiger partial charge in [-0.15, -0.1) is 0 Å². The van der Waals surface area contributed by atoms with Crippen LogP contribution in [0.15, 0.2) is 22.8 Å². The molecule has 0 atom stereocenters. The first kappa shape index (κ1) is 12.3. The molecular formula is C12H22N2O. The van der Waals surface area contributed by atoms with Gasteiger partial charge >= 0.3 is 0 Å². The van der Waals surface area contributed by atoms with E-state index in [1.54, 1.807) is 6.26 Å². The maximum Gasteiger partial charge on any atom is 0.105 e. The van der Waals surface area contributed by atoms with Gasteiger partial charge in [0, 0.05) is 25.0 Å². The number of rotatable bonds is 7. The number of nitrogens with two attached hydrogens (primary N) is 1. The fourth-order valence-corrected chi connectivity index (χ4v) is 1.50. The van der Waals surface area contributed by atoms with Crippen LogP contribution in [0.4, 0.5) is 0 Å². The van der Waals surface area contributed by atoms with Gasteiger partial charge in [-0.2, -0.15) is 0 Å². The topological polar surface area (TPSA) is 51.2 Å². The smallest absolute Gasteiger partial charge is 0.105 e. The molecule has 0 aliphatic heterocycles. The lowest BCUT2D eigenvalue weighted by atomic mass is 9.94. The SMILES string of the molecule is CCC(N)(CC)CNCCc1ccco1. The quantitative estimate of drug-likeness (QED) is 0.676. The summed E-state index contributed by atoms with van der Waals surface area (Å²) in [5.41, 5.74) is 6.12. The van der Waals surface area contributed by atoms with E-state index in [1.807, 2.05) is 12.1 Å². The van der Waals surface area contributed by atoms with Gasteiger partial charge < -0.3 is 15.5 Å². The standard InChI is InChI=1S/C12H22N2O/c1-3-12(13,4-2)10-14-8-7-11-6-5-9-15-11/h5-6,9,14H,3-4,7-8,10,13H2,1-2H3. The number of furan rings is 1. The summed E-state index contributed by atoms with van der Waals surface area (Å²) in [7, 11) is 0. The highest BCUT2D eigenvalue weighted by Crippen LogP contribution is 2.09. The van der Waals surface area contributed by atoms with Gasteiger partial charge in [-0.3, -0.25) is 0 Å². The van der Waals surface area contributed by atoms with Crippen molar-refractivity contribution in [2.45, 2.75) is 38.6 Å². The Morgan fingerprint density at radius 3 is 2.67 bits per heavy atom. The van der Waals surface area contributed by atoms with E-state index < -0.39 is 0 Å². The van der Waals surface area contributed by atoms with Crippen LogP contribution in [-0.4, -0.2) is 18.6 Å². The highest BCUT2D eigenvalue weighted by Gasteiger charge is 2.18. The molecule has 0 amide bonds. The summed E-state index contributed by atoms with van der Waals surface area (Å²) in [5.74, 6) is 1.03. The molecule has 0 saturated heterocycles. The molecule has 3 heteroatoms. The third kappa shape index (κ3) is 4.06. The molecule has 0 unspecified atom stereocenters. The van der Waals surface area contributed by atoms with Crippen LogP contribution in [0.25, 0.3) is 0 Å². The maximum atomic E-state index is 6.17. The second kappa shape index (κ2) is 5.93. The second-order valence-corrected chi connectivity index (χ2v) is 4.08. The zero-order valence-corrected chi connectivity index (χ0v) is 9.75. The Labute approximate surface area is 92.0 Å². The Morgan fingerprint density at radius 1 is 1.40 bits per heavy atom.